The van der Waals surface area contributed by atoms with E-state index >= 15 is 0 Å². The molecule has 0 saturated heterocycles. The van der Waals surface area contributed by atoms with Crippen LogP contribution in [0.5, 0.6) is 5.75 Å². The summed E-state index contributed by atoms with van der Waals surface area (Å²) in [5, 5.41) is 3.44. The van der Waals surface area contributed by atoms with Gasteiger partial charge >= 0.3 is 0 Å². The molecule has 0 aliphatic heterocycles. The van der Waals surface area contributed by atoms with E-state index in [4.69, 9.17) is 10.5 Å². The first-order valence-electron chi connectivity index (χ1n) is 6.19. The van der Waals surface area contributed by atoms with Crippen molar-refractivity contribution < 1.29 is 4.74 Å². The molecule has 0 atom stereocenters. The van der Waals surface area contributed by atoms with Gasteiger partial charge < -0.3 is 15.8 Å². The molecular formula is C14H24N2O. The SMILES string of the molecule is CCC(C)(C)Nc1cccc(OC(C)C)c1N. The molecule has 0 unspecified atom stereocenters. The Morgan fingerprint density at radius 3 is 2.53 bits per heavy atom. The number of benzene rings is 1. The van der Waals surface area contributed by atoms with Crippen molar-refractivity contribution in [1.29, 1.82) is 0 Å². The minimum atomic E-state index is 0.0323. The monoisotopic (exact) mass is 236 g/mol. The molecular weight excluding hydrogens is 212 g/mol. The molecule has 0 fully saturated rings. The second kappa shape index (κ2) is 5.30. The fraction of sp³-hybridized carbons (Fsp3) is 0.571. The summed E-state index contributed by atoms with van der Waals surface area (Å²) >= 11 is 0. The molecule has 3 heteroatoms. The highest BCUT2D eigenvalue weighted by atomic mass is 16.5. The Bertz CT molecular complexity index is 372. The predicted octanol–water partition coefficient (Wildman–Crippen LogP) is 3.66. The third kappa shape index (κ3) is 3.84. The van der Waals surface area contributed by atoms with E-state index in [1.807, 2.05) is 32.0 Å². The van der Waals surface area contributed by atoms with Gasteiger partial charge in [-0.3, -0.25) is 0 Å². The lowest BCUT2D eigenvalue weighted by Crippen LogP contribution is -2.30. The number of hydrogen-bond acceptors (Lipinski definition) is 3. The minimum Gasteiger partial charge on any atom is -0.489 e. The van der Waals surface area contributed by atoms with Gasteiger partial charge in [0.05, 0.1) is 17.5 Å². The van der Waals surface area contributed by atoms with Crippen LogP contribution >= 0.6 is 0 Å². The zero-order chi connectivity index (χ0) is 13.1. The van der Waals surface area contributed by atoms with Gasteiger partial charge in [0.1, 0.15) is 5.75 Å². The molecule has 1 aromatic rings. The third-order valence-electron chi connectivity index (χ3n) is 2.79. The molecule has 1 rings (SSSR count). The Balaban J connectivity index is 2.94. The lowest BCUT2D eigenvalue weighted by atomic mass is 10.0. The first kappa shape index (κ1) is 13.7. The van der Waals surface area contributed by atoms with Crippen molar-refractivity contribution in [2.75, 3.05) is 11.1 Å². The number of hydrogen-bond donors (Lipinski definition) is 2. The van der Waals surface area contributed by atoms with E-state index in [1.165, 1.54) is 0 Å². The Morgan fingerprint density at radius 2 is 2.00 bits per heavy atom. The van der Waals surface area contributed by atoms with Crippen molar-refractivity contribution in [2.45, 2.75) is 52.7 Å². The van der Waals surface area contributed by atoms with Crippen molar-refractivity contribution in [1.82, 2.24) is 0 Å². The van der Waals surface area contributed by atoms with E-state index in [-0.39, 0.29) is 11.6 Å². The van der Waals surface area contributed by atoms with Crippen LogP contribution < -0.4 is 15.8 Å². The summed E-state index contributed by atoms with van der Waals surface area (Å²) in [6, 6.07) is 5.85. The number of rotatable bonds is 5. The summed E-state index contributed by atoms with van der Waals surface area (Å²) in [5.41, 5.74) is 7.76. The maximum absolute atomic E-state index is 6.11. The average Bonchev–Trinajstić information content (AvgIpc) is 2.23. The normalized spacial score (nSPS) is 11.6. The van der Waals surface area contributed by atoms with Gasteiger partial charge in [0.2, 0.25) is 0 Å². The van der Waals surface area contributed by atoms with Gasteiger partial charge in [0.25, 0.3) is 0 Å². The third-order valence-corrected chi connectivity index (χ3v) is 2.79. The van der Waals surface area contributed by atoms with Crippen molar-refractivity contribution in [3.05, 3.63) is 18.2 Å². The summed E-state index contributed by atoms with van der Waals surface area (Å²) in [7, 11) is 0. The molecule has 0 radical (unpaired) electrons. The smallest absolute Gasteiger partial charge is 0.144 e. The first-order valence-corrected chi connectivity index (χ1v) is 6.19. The van der Waals surface area contributed by atoms with E-state index < -0.39 is 0 Å². The second-order valence-electron chi connectivity index (χ2n) is 5.25. The van der Waals surface area contributed by atoms with E-state index in [9.17, 15) is 0 Å². The number of para-hydroxylation sites is 1. The second-order valence-corrected chi connectivity index (χ2v) is 5.25. The van der Waals surface area contributed by atoms with Crippen molar-refractivity contribution in [2.24, 2.45) is 0 Å². The zero-order valence-corrected chi connectivity index (χ0v) is 11.5. The number of ether oxygens (including phenoxy) is 1. The number of anilines is 2. The van der Waals surface area contributed by atoms with E-state index in [1.54, 1.807) is 0 Å². The average molecular weight is 236 g/mol. The summed E-state index contributed by atoms with van der Waals surface area (Å²) in [5.74, 6) is 0.747. The molecule has 0 amide bonds. The summed E-state index contributed by atoms with van der Waals surface area (Å²) < 4.78 is 5.67. The molecule has 0 spiro atoms. The topological polar surface area (TPSA) is 47.3 Å². The highest BCUT2D eigenvalue weighted by Gasteiger charge is 2.17. The Kier molecular flexibility index (Phi) is 4.27. The molecule has 0 aliphatic carbocycles. The molecule has 0 aliphatic rings. The molecule has 1 aromatic carbocycles. The van der Waals surface area contributed by atoms with Gasteiger partial charge in [-0.2, -0.15) is 0 Å². The van der Waals surface area contributed by atoms with Crippen LogP contribution in [0.1, 0.15) is 41.0 Å². The van der Waals surface area contributed by atoms with Crippen LogP contribution in [0.3, 0.4) is 0 Å². The highest BCUT2D eigenvalue weighted by molar-refractivity contribution is 5.73. The molecule has 96 valence electrons. The summed E-state index contributed by atoms with van der Waals surface area (Å²) in [6.45, 7) is 10.5. The van der Waals surface area contributed by atoms with Crippen LogP contribution in [0.25, 0.3) is 0 Å². The molecule has 0 saturated carbocycles. The molecule has 0 heterocycles. The van der Waals surface area contributed by atoms with Crippen molar-refractivity contribution in [3.8, 4) is 5.75 Å². The standard InChI is InChI=1S/C14H24N2O/c1-6-14(4,5)16-11-8-7-9-12(13(11)15)17-10(2)3/h7-10,16H,6,15H2,1-5H3. The Hall–Kier alpha value is -1.38. The largest absolute Gasteiger partial charge is 0.489 e. The fourth-order valence-corrected chi connectivity index (χ4v) is 1.46. The van der Waals surface area contributed by atoms with E-state index in [2.05, 4.69) is 26.1 Å². The maximum Gasteiger partial charge on any atom is 0.144 e. The highest BCUT2D eigenvalue weighted by Crippen LogP contribution is 2.32. The number of nitrogen functional groups attached to an aromatic ring is 1. The van der Waals surface area contributed by atoms with Crippen molar-refractivity contribution in [3.63, 3.8) is 0 Å². The van der Waals surface area contributed by atoms with Crippen molar-refractivity contribution >= 4 is 11.4 Å². The van der Waals surface area contributed by atoms with Crippen LogP contribution in [0.4, 0.5) is 11.4 Å². The zero-order valence-electron chi connectivity index (χ0n) is 11.5. The quantitative estimate of drug-likeness (QED) is 0.767. The van der Waals surface area contributed by atoms with Crippen LogP contribution in [0, 0.1) is 0 Å². The molecule has 0 bridgehead atoms. The van der Waals surface area contributed by atoms with Gasteiger partial charge in [-0.15, -0.1) is 0 Å². The van der Waals surface area contributed by atoms with Gasteiger partial charge in [0.15, 0.2) is 0 Å². The number of nitrogens with two attached hydrogens (primary N) is 1. The molecule has 17 heavy (non-hydrogen) atoms. The maximum atomic E-state index is 6.11. The van der Waals surface area contributed by atoms with Crippen LogP contribution in [-0.2, 0) is 0 Å². The van der Waals surface area contributed by atoms with Crippen LogP contribution in [0.2, 0.25) is 0 Å². The van der Waals surface area contributed by atoms with Gasteiger partial charge in [-0.25, -0.2) is 0 Å². The predicted molar refractivity (Wildman–Crippen MR) is 74.6 cm³/mol. The van der Waals surface area contributed by atoms with Gasteiger partial charge in [-0.1, -0.05) is 13.0 Å². The molecule has 0 aromatic heterocycles. The molecule has 3 nitrogen and oxygen atoms in total. The van der Waals surface area contributed by atoms with E-state index in [0.29, 0.717) is 5.69 Å². The number of nitrogens with one attached hydrogen (secondary N) is 1. The Morgan fingerprint density at radius 1 is 1.35 bits per heavy atom. The summed E-state index contributed by atoms with van der Waals surface area (Å²) in [6.07, 6.45) is 1.16. The van der Waals surface area contributed by atoms with Crippen LogP contribution in [0.15, 0.2) is 18.2 Å². The van der Waals surface area contributed by atoms with E-state index in [0.717, 1.165) is 17.9 Å². The lowest BCUT2D eigenvalue weighted by Gasteiger charge is -2.27. The van der Waals surface area contributed by atoms with Crippen LogP contribution in [-0.4, -0.2) is 11.6 Å². The fourth-order valence-electron chi connectivity index (χ4n) is 1.46. The lowest BCUT2D eigenvalue weighted by molar-refractivity contribution is 0.244. The summed E-state index contributed by atoms with van der Waals surface area (Å²) in [4.78, 5) is 0. The minimum absolute atomic E-state index is 0.0323. The van der Waals surface area contributed by atoms with Gasteiger partial charge in [-0.05, 0) is 46.2 Å². The Labute approximate surface area is 104 Å². The first-order chi connectivity index (χ1) is 7.85. The molecule has 3 N–H and O–H groups in total. The van der Waals surface area contributed by atoms with Gasteiger partial charge in [0, 0.05) is 5.54 Å².